The maximum atomic E-state index is 12.8. The number of carbonyl (C=O) groups excluding carboxylic acids is 2. The standard InChI is InChI=1S/C23H21F3N2O2S2/c24-23(25,26)17-10-7-11-18(15-17)27-20(29)12-5-2-6-13-28-21(30)19(32-22(28)31)14-16-8-3-1-4-9-16/h1,3-4,7-11,14-15H,2,5-6,12-13H2,(H,27,29). The van der Waals surface area contributed by atoms with E-state index in [9.17, 15) is 22.8 Å². The topological polar surface area (TPSA) is 49.4 Å². The summed E-state index contributed by atoms with van der Waals surface area (Å²) in [5, 5.41) is 2.49. The largest absolute Gasteiger partial charge is 0.416 e. The van der Waals surface area contributed by atoms with E-state index in [1.54, 1.807) is 4.90 Å². The Hall–Kier alpha value is -2.65. The Balaban J connectivity index is 1.41. The van der Waals surface area contributed by atoms with Gasteiger partial charge in [-0.3, -0.25) is 14.5 Å². The number of anilines is 1. The van der Waals surface area contributed by atoms with Gasteiger partial charge in [-0.2, -0.15) is 13.2 Å². The molecule has 1 N–H and O–H groups in total. The van der Waals surface area contributed by atoms with Crippen molar-refractivity contribution in [3.05, 3.63) is 70.6 Å². The van der Waals surface area contributed by atoms with Crippen molar-refractivity contribution in [1.82, 2.24) is 4.90 Å². The number of amides is 2. The van der Waals surface area contributed by atoms with Crippen LogP contribution in [0, 0.1) is 0 Å². The van der Waals surface area contributed by atoms with Gasteiger partial charge in [-0.25, -0.2) is 0 Å². The Morgan fingerprint density at radius 1 is 1.06 bits per heavy atom. The van der Waals surface area contributed by atoms with E-state index in [1.807, 2.05) is 36.4 Å². The summed E-state index contributed by atoms with van der Waals surface area (Å²) < 4.78 is 38.8. The number of nitrogens with one attached hydrogen (secondary N) is 1. The highest BCUT2D eigenvalue weighted by atomic mass is 32.2. The molecule has 1 fully saturated rings. The van der Waals surface area contributed by atoms with Crippen molar-refractivity contribution in [3.8, 4) is 0 Å². The van der Waals surface area contributed by atoms with Crippen LogP contribution in [0.2, 0.25) is 0 Å². The molecule has 1 aliphatic rings. The second-order valence-corrected chi connectivity index (χ2v) is 8.86. The molecular formula is C23H21F3N2O2S2. The lowest BCUT2D eigenvalue weighted by Crippen LogP contribution is -2.29. The minimum Gasteiger partial charge on any atom is -0.326 e. The van der Waals surface area contributed by atoms with Crippen LogP contribution in [0.1, 0.15) is 36.8 Å². The average Bonchev–Trinajstić information content (AvgIpc) is 3.01. The number of thiocarbonyl (C=S) groups is 1. The first-order valence-electron chi connectivity index (χ1n) is 10.0. The number of unbranched alkanes of at least 4 members (excludes halogenated alkanes) is 2. The van der Waals surface area contributed by atoms with Crippen molar-refractivity contribution in [2.45, 2.75) is 31.9 Å². The molecule has 0 saturated carbocycles. The highest BCUT2D eigenvalue weighted by Gasteiger charge is 2.31. The summed E-state index contributed by atoms with van der Waals surface area (Å²) >= 11 is 6.60. The van der Waals surface area contributed by atoms with E-state index < -0.39 is 11.7 Å². The smallest absolute Gasteiger partial charge is 0.326 e. The fraction of sp³-hybridized carbons (Fsp3) is 0.261. The monoisotopic (exact) mass is 478 g/mol. The van der Waals surface area contributed by atoms with Gasteiger partial charge in [-0.15, -0.1) is 0 Å². The summed E-state index contributed by atoms with van der Waals surface area (Å²) in [6, 6.07) is 14.1. The van der Waals surface area contributed by atoms with Gasteiger partial charge in [0.25, 0.3) is 5.91 Å². The molecule has 1 aliphatic heterocycles. The van der Waals surface area contributed by atoms with Crippen molar-refractivity contribution in [3.63, 3.8) is 0 Å². The second kappa shape index (κ2) is 10.8. The summed E-state index contributed by atoms with van der Waals surface area (Å²) in [6.45, 7) is 0.464. The lowest BCUT2D eigenvalue weighted by atomic mass is 10.1. The molecule has 32 heavy (non-hydrogen) atoms. The summed E-state index contributed by atoms with van der Waals surface area (Å²) in [5.74, 6) is -0.466. The van der Waals surface area contributed by atoms with E-state index in [4.69, 9.17) is 12.2 Å². The third-order valence-electron chi connectivity index (χ3n) is 4.73. The van der Waals surface area contributed by atoms with Crippen molar-refractivity contribution in [2.75, 3.05) is 11.9 Å². The third-order valence-corrected chi connectivity index (χ3v) is 6.11. The number of carbonyl (C=O) groups is 2. The molecule has 9 heteroatoms. The third kappa shape index (κ3) is 6.67. The van der Waals surface area contributed by atoms with E-state index in [-0.39, 0.29) is 23.9 Å². The predicted octanol–water partition coefficient (Wildman–Crippen LogP) is 6.11. The zero-order valence-corrected chi connectivity index (χ0v) is 18.7. The Labute approximate surface area is 193 Å². The van der Waals surface area contributed by atoms with Crippen LogP contribution in [0.15, 0.2) is 59.5 Å². The van der Waals surface area contributed by atoms with Crippen LogP contribution in [-0.4, -0.2) is 27.6 Å². The molecule has 2 aromatic rings. The number of alkyl halides is 3. The number of hydrogen-bond acceptors (Lipinski definition) is 4. The maximum Gasteiger partial charge on any atom is 0.416 e. The average molecular weight is 479 g/mol. The van der Waals surface area contributed by atoms with E-state index in [1.165, 1.54) is 23.9 Å². The maximum absolute atomic E-state index is 12.8. The van der Waals surface area contributed by atoms with Crippen LogP contribution in [-0.2, 0) is 15.8 Å². The second-order valence-electron chi connectivity index (χ2n) is 7.18. The summed E-state index contributed by atoms with van der Waals surface area (Å²) in [5.41, 5.74) is 0.243. The van der Waals surface area contributed by atoms with Crippen molar-refractivity contribution in [2.24, 2.45) is 0 Å². The van der Waals surface area contributed by atoms with Gasteiger partial charge < -0.3 is 5.32 Å². The lowest BCUT2D eigenvalue weighted by molar-refractivity contribution is -0.137. The Bertz CT molecular complexity index is 1020. The molecule has 0 spiro atoms. The zero-order chi connectivity index (χ0) is 23.1. The van der Waals surface area contributed by atoms with Crippen LogP contribution in [0.5, 0.6) is 0 Å². The molecule has 1 heterocycles. The minimum atomic E-state index is -4.46. The molecule has 0 aromatic heterocycles. The molecule has 3 rings (SSSR count). The predicted molar refractivity (Wildman–Crippen MR) is 125 cm³/mol. The van der Waals surface area contributed by atoms with Gasteiger partial charge in [0, 0.05) is 18.7 Å². The number of rotatable bonds is 8. The highest BCUT2D eigenvalue weighted by Crippen LogP contribution is 2.33. The molecule has 0 aliphatic carbocycles. The minimum absolute atomic E-state index is 0.118. The van der Waals surface area contributed by atoms with Gasteiger partial charge in [-0.1, -0.05) is 66.8 Å². The number of benzene rings is 2. The Morgan fingerprint density at radius 3 is 2.53 bits per heavy atom. The fourth-order valence-corrected chi connectivity index (χ4v) is 4.43. The highest BCUT2D eigenvalue weighted by molar-refractivity contribution is 8.26. The van der Waals surface area contributed by atoms with Gasteiger partial charge in [0.1, 0.15) is 4.32 Å². The van der Waals surface area contributed by atoms with Gasteiger partial charge in [-0.05, 0) is 42.7 Å². The molecule has 0 bridgehead atoms. The van der Waals surface area contributed by atoms with E-state index in [2.05, 4.69) is 5.32 Å². The first-order chi connectivity index (χ1) is 15.2. The first-order valence-corrected chi connectivity index (χ1v) is 11.2. The number of nitrogens with zero attached hydrogens (tertiary/aromatic N) is 1. The van der Waals surface area contributed by atoms with Crippen LogP contribution < -0.4 is 5.32 Å². The zero-order valence-electron chi connectivity index (χ0n) is 17.0. The summed E-state index contributed by atoms with van der Waals surface area (Å²) in [6.07, 6.45) is -0.547. The van der Waals surface area contributed by atoms with Gasteiger partial charge in [0.15, 0.2) is 0 Å². The molecule has 0 unspecified atom stereocenters. The molecule has 0 radical (unpaired) electrons. The van der Waals surface area contributed by atoms with E-state index in [0.29, 0.717) is 35.0 Å². The van der Waals surface area contributed by atoms with Crippen molar-refractivity contribution < 1.29 is 22.8 Å². The molecule has 1 saturated heterocycles. The van der Waals surface area contributed by atoms with Crippen molar-refractivity contribution in [1.29, 1.82) is 0 Å². The quantitative estimate of drug-likeness (QED) is 0.283. The van der Waals surface area contributed by atoms with Crippen LogP contribution >= 0.6 is 24.0 Å². The van der Waals surface area contributed by atoms with E-state index >= 15 is 0 Å². The van der Waals surface area contributed by atoms with Gasteiger partial charge >= 0.3 is 6.18 Å². The fourth-order valence-electron chi connectivity index (χ4n) is 3.12. The van der Waals surface area contributed by atoms with E-state index in [0.717, 1.165) is 17.7 Å². The Morgan fingerprint density at radius 2 is 1.81 bits per heavy atom. The van der Waals surface area contributed by atoms with Crippen LogP contribution in [0.25, 0.3) is 6.08 Å². The van der Waals surface area contributed by atoms with Gasteiger partial charge in [0.05, 0.1) is 10.5 Å². The summed E-state index contributed by atoms with van der Waals surface area (Å²) in [7, 11) is 0. The molecule has 168 valence electrons. The lowest BCUT2D eigenvalue weighted by Gasteiger charge is -2.14. The Kier molecular flexibility index (Phi) is 8.09. The van der Waals surface area contributed by atoms with Crippen LogP contribution in [0.3, 0.4) is 0 Å². The SMILES string of the molecule is O=C(CCCCCN1C(=O)C(=Cc2ccccc2)SC1=S)Nc1cccc(C(F)(F)F)c1. The number of hydrogen-bond donors (Lipinski definition) is 1. The number of thioether (sulfide) groups is 1. The van der Waals surface area contributed by atoms with Gasteiger partial charge in [0.2, 0.25) is 5.91 Å². The number of halogens is 3. The molecule has 4 nitrogen and oxygen atoms in total. The normalized spacial score (nSPS) is 15.5. The molecule has 2 aromatic carbocycles. The molecule has 0 atom stereocenters. The van der Waals surface area contributed by atoms with Crippen molar-refractivity contribution >= 4 is 51.9 Å². The molecular weight excluding hydrogens is 457 g/mol. The summed E-state index contributed by atoms with van der Waals surface area (Å²) in [4.78, 5) is 26.8. The molecule has 2 amide bonds. The van der Waals surface area contributed by atoms with Crippen LogP contribution in [0.4, 0.5) is 18.9 Å². The first kappa shape index (κ1) is 24.0.